The van der Waals surface area contributed by atoms with E-state index in [9.17, 15) is 17.2 Å². The third kappa shape index (κ3) is 5.65. The van der Waals surface area contributed by atoms with Crippen LogP contribution in [0.25, 0.3) is 17.0 Å². The quantitative estimate of drug-likeness (QED) is 0.414. The number of imidazole rings is 1. The molecule has 11 nitrogen and oxygen atoms in total. The summed E-state index contributed by atoms with van der Waals surface area (Å²) in [5, 5.41) is 0. The monoisotopic (exact) mass is 551 g/mol. The van der Waals surface area contributed by atoms with Gasteiger partial charge in [-0.3, -0.25) is 4.57 Å². The highest BCUT2D eigenvalue weighted by molar-refractivity contribution is 7.90. The van der Waals surface area contributed by atoms with E-state index < -0.39 is 22.1 Å². The van der Waals surface area contributed by atoms with Crippen LogP contribution in [0.5, 0.6) is 5.75 Å². The number of methoxy groups -OCH3 is 1. The van der Waals surface area contributed by atoms with Gasteiger partial charge in [-0.15, -0.1) is 0 Å². The summed E-state index contributed by atoms with van der Waals surface area (Å²) in [6.45, 7) is 3.40. The van der Waals surface area contributed by atoms with Crippen molar-refractivity contribution < 1.29 is 26.7 Å². The number of aromatic nitrogens is 5. The molecule has 206 valence electrons. The maximum absolute atomic E-state index is 14.2. The molecule has 0 N–H and O–H groups in total. The molecule has 0 aliphatic carbocycles. The molecule has 1 aromatic carbocycles. The molecule has 38 heavy (non-hydrogen) atoms. The molecule has 0 unspecified atom stereocenters. The highest BCUT2D eigenvalue weighted by Crippen LogP contribution is 2.33. The van der Waals surface area contributed by atoms with Gasteiger partial charge in [0.05, 0.1) is 31.6 Å². The van der Waals surface area contributed by atoms with E-state index in [1.165, 1.54) is 17.9 Å². The molecule has 3 aromatic rings. The van der Waals surface area contributed by atoms with Gasteiger partial charge in [0.1, 0.15) is 21.1 Å². The molecule has 0 spiro atoms. The highest BCUT2D eigenvalue weighted by Gasteiger charge is 2.28. The van der Waals surface area contributed by atoms with Gasteiger partial charge in [0.25, 0.3) is 6.43 Å². The third-order valence-corrected chi connectivity index (χ3v) is 7.95. The third-order valence-electron chi connectivity index (χ3n) is 6.98. The van der Waals surface area contributed by atoms with Crippen molar-refractivity contribution in [3.05, 3.63) is 24.0 Å². The summed E-state index contributed by atoms with van der Waals surface area (Å²) >= 11 is 0. The number of alkyl halides is 2. The van der Waals surface area contributed by atoms with Crippen molar-refractivity contribution in [3.63, 3.8) is 0 Å². The zero-order valence-corrected chi connectivity index (χ0v) is 22.2. The summed E-state index contributed by atoms with van der Waals surface area (Å²) in [6.07, 6.45) is 0.581. The number of anilines is 2. The first-order valence-corrected chi connectivity index (χ1v) is 14.6. The Morgan fingerprint density at radius 2 is 1.63 bits per heavy atom. The molecule has 2 aliphatic rings. The van der Waals surface area contributed by atoms with Crippen LogP contribution >= 0.6 is 0 Å². The molecule has 4 heterocycles. The lowest BCUT2D eigenvalue weighted by Crippen LogP contribution is -2.39. The van der Waals surface area contributed by atoms with E-state index in [0.29, 0.717) is 74.5 Å². The topological polar surface area (TPSA) is 116 Å². The number of fused-ring (bicyclic) bond motifs is 1. The van der Waals surface area contributed by atoms with Gasteiger partial charge in [-0.25, -0.2) is 22.2 Å². The van der Waals surface area contributed by atoms with Gasteiger partial charge in [0, 0.05) is 32.4 Å². The smallest absolute Gasteiger partial charge is 0.296 e. The lowest BCUT2D eigenvalue weighted by atomic mass is 9.94. The van der Waals surface area contributed by atoms with Crippen molar-refractivity contribution in [2.24, 2.45) is 5.92 Å². The van der Waals surface area contributed by atoms with E-state index >= 15 is 0 Å². The van der Waals surface area contributed by atoms with Crippen LogP contribution in [-0.2, 0) is 14.6 Å². The molecule has 2 fully saturated rings. The second kappa shape index (κ2) is 10.9. The lowest BCUT2D eigenvalue weighted by Gasteiger charge is -2.33. The number of sulfone groups is 1. The summed E-state index contributed by atoms with van der Waals surface area (Å²) in [4.78, 5) is 22.1. The Morgan fingerprint density at radius 1 is 1.00 bits per heavy atom. The first kappa shape index (κ1) is 26.5. The molecule has 2 saturated heterocycles. The Bertz CT molecular complexity index is 1390. The summed E-state index contributed by atoms with van der Waals surface area (Å²) < 4.78 is 63.7. The minimum atomic E-state index is -3.01. The highest BCUT2D eigenvalue weighted by atomic mass is 32.2. The predicted molar refractivity (Wildman–Crippen MR) is 138 cm³/mol. The van der Waals surface area contributed by atoms with Crippen molar-refractivity contribution in [2.45, 2.75) is 25.7 Å². The molecule has 2 aliphatic heterocycles. The SMILES string of the molecule is COc1cccc2c1nc(C(F)F)n2-c1nc(N2CCOCC2)nc(N2CCC(CCS(C)(=O)=O)CC2)n1. The molecular formula is C24H31F2N7O4S. The number of hydrogen-bond donors (Lipinski definition) is 0. The first-order chi connectivity index (χ1) is 18.2. The van der Waals surface area contributed by atoms with E-state index in [0.717, 1.165) is 12.8 Å². The average molecular weight is 552 g/mol. The van der Waals surface area contributed by atoms with Gasteiger partial charge in [-0.1, -0.05) is 6.07 Å². The number of benzene rings is 1. The molecule has 2 aromatic heterocycles. The van der Waals surface area contributed by atoms with Crippen molar-refractivity contribution >= 4 is 32.8 Å². The Hall–Kier alpha value is -3.13. The standard InChI is InChI=1S/C24H31F2N7O4S/c1-36-18-5-3-4-17-19(18)27-21(20(25)26)33(17)24-29-22(28-23(30-24)32-11-13-37-14-12-32)31-9-6-16(7-10-31)8-15-38(2,34)35/h3-5,16,20H,6-15H2,1-2H3. The fraction of sp³-hybridized carbons (Fsp3) is 0.583. The predicted octanol–water partition coefficient (Wildman–Crippen LogP) is 2.64. The van der Waals surface area contributed by atoms with Crippen LogP contribution in [0.15, 0.2) is 18.2 Å². The number of hydrogen-bond acceptors (Lipinski definition) is 10. The van der Waals surface area contributed by atoms with Crippen molar-refractivity contribution in [1.29, 1.82) is 0 Å². The van der Waals surface area contributed by atoms with Gasteiger partial charge in [0.15, 0.2) is 5.82 Å². The Balaban J connectivity index is 1.54. The summed E-state index contributed by atoms with van der Waals surface area (Å²) in [6, 6.07) is 5.06. The number of halogens is 2. The van der Waals surface area contributed by atoms with Crippen LogP contribution < -0.4 is 14.5 Å². The van der Waals surface area contributed by atoms with Crippen molar-refractivity contribution in [3.8, 4) is 11.7 Å². The van der Waals surface area contributed by atoms with Crippen LogP contribution in [0.3, 0.4) is 0 Å². The molecule has 14 heteroatoms. The number of para-hydroxylation sites is 1. The number of piperidine rings is 1. The van der Waals surface area contributed by atoms with Gasteiger partial charge < -0.3 is 19.3 Å². The van der Waals surface area contributed by atoms with Crippen LogP contribution in [-0.4, -0.2) is 91.4 Å². The summed E-state index contributed by atoms with van der Waals surface area (Å²) in [5.41, 5.74) is 0.705. The summed E-state index contributed by atoms with van der Waals surface area (Å²) in [5.74, 6) is 1.19. The number of rotatable bonds is 8. The van der Waals surface area contributed by atoms with E-state index in [2.05, 4.69) is 15.0 Å². The van der Waals surface area contributed by atoms with Crippen LogP contribution in [0.2, 0.25) is 0 Å². The maximum atomic E-state index is 14.2. The van der Waals surface area contributed by atoms with E-state index in [1.807, 2.05) is 9.80 Å². The van der Waals surface area contributed by atoms with E-state index in [-0.39, 0.29) is 17.6 Å². The fourth-order valence-electron chi connectivity index (χ4n) is 4.90. The largest absolute Gasteiger partial charge is 0.494 e. The van der Waals surface area contributed by atoms with Gasteiger partial charge in [0.2, 0.25) is 17.8 Å². The second-order valence-electron chi connectivity index (χ2n) is 9.62. The Labute approximate surface area is 219 Å². The molecule has 0 atom stereocenters. The van der Waals surface area contributed by atoms with E-state index in [1.54, 1.807) is 18.2 Å². The molecule has 0 radical (unpaired) electrons. The minimum Gasteiger partial charge on any atom is -0.494 e. The molecule has 0 bridgehead atoms. The van der Waals surface area contributed by atoms with Crippen molar-refractivity contribution in [1.82, 2.24) is 24.5 Å². The van der Waals surface area contributed by atoms with Crippen LogP contribution in [0, 0.1) is 5.92 Å². The van der Waals surface area contributed by atoms with Crippen LogP contribution in [0.4, 0.5) is 20.7 Å². The van der Waals surface area contributed by atoms with Gasteiger partial charge in [-0.05, 0) is 37.3 Å². The number of ether oxygens (including phenoxy) is 2. The Morgan fingerprint density at radius 3 is 2.24 bits per heavy atom. The van der Waals surface area contributed by atoms with Crippen LogP contribution in [0.1, 0.15) is 31.5 Å². The maximum Gasteiger partial charge on any atom is 0.296 e. The molecule has 5 rings (SSSR count). The van der Waals surface area contributed by atoms with Gasteiger partial charge in [-0.2, -0.15) is 15.0 Å². The fourth-order valence-corrected chi connectivity index (χ4v) is 5.67. The lowest BCUT2D eigenvalue weighted by molar-refractivity contribution is 0.122. The molecular weight excluding hydrogens is 520 g/mol. The summed E-state index contributed by atoms with van der Waals surface area (Å²) in [7, 11) is -1.55. The minimum absolute atomic E-state index is 0.0572. The zero-order chi connectivity index (χ0) is 26.9. The second-order valence-corrected chi connectivity index (χ2v) is 11.9. The van der Waals surface area contributed by atoms with Gasteiger partial charge >= 0.3 is 0 Å². The Kier molecular flexibility index (Phi) is 7.61. The van der Waals surface area contributed by atoms with Crippen molar-refractivity contribution in [2.75, 3.05) is 68.3 Å². The number of nitrogens with zero attached hydrogens (tertiary/aromatic N) is 7. The normalized spacial score (nSPS) is 17.5. The average Bonchev–Trinajstić information content (AvgIpc) is 3.32. The van der Waals surface area contributed by atoms with E-state index in [4.69, 9.17) is 14.5 Å². The zero-order valence-electron chi connectivity index (χ0n) is 21.4. The molecule has 0 saturated carbocycles. The number of morpholine rings is 1. The molecule has 0 amide bonds. The first-order valence-electron chi connectivity index (χ1n) is 12.6.